The Balaban J connectivity index is 2.33. The maximum absolute atomic E-state index is 12.2. The largest absolute Gasteiger partial charge is 0.393 e. The molecule has 0 radical (unpaired) electrons. The number of aryl methyl sites for hydroxylation is 2. The van der Waals surface area contributed by atoms with E-state index in [4.69, 9.17) is 0 Å². The molecule has 1 atom stereocenters. The van der Waals surface area contributed by atoms with Gasteiger partial charge < -0.3 is 9.67 Å². The summed E-state index contributed by atoms with van der Waals surface area (Å²) in [6, 6.07) is 0. The van der Waals surface area contributed by atoms with E-state index in [1.807, 2.05) is 0 Å². The van der Waals surface area contributed by atoms with Gasteiger partial charge in [-0.25, -0.2) is 9.78 Å². The molecule has 0 amide bonds. The van der Waals surface area contributed by atoms with Crippen LogP contribution in [0, 0.1) is 0 Å². The molecule has 7 nitrogen and oxygen atoms in total. The van der Waals surface area contributed by atoms with Crippen LogP contribution < -0.4 is 11.2 Å². The Bertz CT molecular complexity index is 724. The number of unbranched alkanes of at least 4 members (excludes halogenated alkanes) is 1. The van der Waals surface area contributed by atoms with E-state index >= 15 is 0 Å². The normalized spacial score (nSPS) is 13.0. The van der Waals surface area contributed by atoms with Gasteiger partial charge in [-0.2, -0.15) is 0 Å². The lowest BCUT2D eigenvalue weighted by Crippen LogP contribution is -2.37. The highest BCUT2D eigenvalue weighted by atomic mass is 16.3. The van der Waals surface area contributed by atoms with Crippen molar-refractivity contribution in [3.05, 3.63) is 27.2 Å². The molecule has 2 heterocycles. The molecule has 0 aliphatic carbocycles. The molecule has 2 aromatic heterocycles. The Kier molecular flexibility index (Phi) is 4.08. The van der Waals surface area contributed by atoms with Gasteiger partial charge in [0.15, 0.2) is 11.2 Å². The monoisotopic (exact) mass is 280 g/mol. The second-order valence-corrected chi connectivity index (χ2v) is 5.16. The van der Waals surface area contributed by atoms with E-state index in [1.54, 1.807) is 24.9 Å². The quantitative estimate of drug-likeness (QED) is 0.781. The van der Waals surface area contributed by atoms with E-state index in [1.165, 1.54) is 11.6 Å². The third kappa shape index (κ3) is 2.53. The molecule has 0 aromatic carbocycles. The lowest BCUT2D eigenvalue weighted by atomic mass is 10.2. The highest BCUT2D eigenvalue weighted by Gasteiger charge is 2.13. The Morgan fingerprint density at radius 3 is 2.60 bits per heavy atom. The van der Waals surface area contributed by atoms with Crippen molar-refractivity contribution in [1.29, 1.82) is 0 Å². The van der Waals surface area contributed by atoms with E-state index in [2.05, 4.69) is 4.98 Å². The molecule has 0 aliphatic heterocycles. The van der Waals surface area contributed by atoms with Crippen molar-refractivity contribution in [3.63, 3.8) is 0 Å². The van der Waals surface area contributed by atoms with Crippen LogP contribution >= 0.6 is 0 Å². The van der Waals surface area contributed by atoms with Crippen LogP contribution in [0.25, 0.3) is 11.2 Å². The third-order valence-corrected chi connectivity index (χ3v) is 3.49. The number of aromatic nitrogens is 4. The first kappa shape index (κ1) is 14.5. The molecule has 0 saturated carbocycles. The van der Waals surface area contributed by atoms with Crippen LogP contribution in [0.4, 0.5) is 0 Å². The van der Waals surface area contributed by atoms with E-state index < -0.39 is 0 Å². The van der Waals surface area contributed by atoms with E-state index in [0.717, 1.165) is 23.8 Å². The predicted molar refractivity (Wildman–Crippen MR) is 75.7 cm³/mol. The molecule has 110 valence electrons. The van der Waals surface area contributed by atoms with E-state index in [0.29, 0.717) is 17.7 Å². The van der Waals surface area contributed by atoms with Crippen molar-refractivity contribution in [1.82, 2.24) is 18.7 Å². The summed E-state index contributed by atoms with van der Waals surface area (Å²) in [7, 11) is 3.07. The molecule has 0 unspecified atom stereocenters. The number of nitrogens with zero attached hydrogens (tertiary/aromatic N) is 4. The molecule has 0 fully saturated rings. The van der Waals surface area contributed by atoms with Crippen LogP contribution in [-0.4, -0.2) is 29.9 Å². The summed E-state index contributed by atoms with van der Waals surface area (Å²) in [5, 5.41) is 9.22. The number of rotatable bonds is 5. The highest BCUT2D eigenvalue weighted by Crippen LogP contribution is 2.08. The van der Waals surface area contributed by atoms with Gasteiger partial charge in [0.05, 0.1) is 12.4 Å². The van der Waals surface area contributed by atoms with E-state index in [9.17, 15) is 14.7 Å². The molecular formula is C13H20N4O3. The molecule has 0 spiro atoms. The molecule has 20 heavy (non-hydrogen) atoms. The van der Waals surface area contributed by atoms with Crippen molar-refractivity contribution in [2.45, 2.75) is 38.8 Å². The zero-order valence-electron chi connectivity index (χ0n) is 12.0. The Morgan fingerprint density at radius 1 is 1.25 bits per heavy atom. The fourth-order valence-corrected chi connectivity index (χ4v) is 2.29. The van der Waals surface area contributed by atoms with Crippen LogP contribution in [0.2, 0.25) is 0 Å². The summed E-state index contributed by atoms with van der Waals surface area (Å²) >= 11 is 0. The van der Waals surface area contributed by atoms with Gasteiger partial charge in [0.2, 0.25) is 0 Å². The second kappa shape index (κ2) is 5.62. The second-order valence-electron chi connectivity index (χ2n) is 5.16. The summed E-state index contributed by atoms with van der Waals surface area (Å²) in [6.07, 6.45) is 3.76. The van der Waals surface area contributed by atoms with Crippen molar-refractivity contribution in [2.75, 3.05) is 0 Å². The van der Waals surface area contributed by atoms with Crippen LogP contribution in [0.5, 0.6) is 0 Å². The third-order valence-electron chi connectivity index (χ3n) is 3.49. The first-order chi connectivity index (χ1) is 9.43. The summed E-state index contributed by atoms with van der Waals surface area (Å²) in [6.45, 7) is 2.41. The molecular weight excluding hydrogens is 260 g/mol. The number of fused-ring (bicyclic) bond motifs is 1. The minimum absolute atomic E-state index is 0.303. The average Bonchev–Trinajstić information content (AvgIpc) is 2.82. The number of aliphatic hydroxyl groups is 1. The Hall–Kier alpha value is -1.89. The van der Waals surface area contributed by atoms with Crippen molar-refractivity contribution in [3.8, 4) is 0 Å². The van der Waals surface area contributed by atoms with Crippen LogP contribution in [0.1, 0.15) is 26.2 Å². The average molecular weight is 280 g/mol. The molecule has 0 saturated heterocycles. The number of hydrogen-bond donors (Lipinski definition) is 1. The summed E-state index contributed by atoms with van der Waals surface area (Å²) in [5.41, 5.74) is 0.165. The minimum atomic E-state index is -0.373. The first-order valence-corrected chi connectivity index (χ1v) is 6.72. The minimum Gasteiger partial charge on any atom is -0.393 e. The molecule has 2 aromatic rings. The van der Waals surface area contributed by atoms with Gasteiger partial charge in [-0.15, -0.1) is 0 Å². The lowest BCUT2D eigenvalue weighted by molar-refractivity contribution is 0.180. The van der Waals surface area contributed by atoms with Gasteiger partial charge in [-0.3, -0.25) is 13.9 Å². The van der Waals surface area contributed by atoms with Gasteiger partial charge in [0.1, 0.15) is 0 Å². The van der Waals surface area contributed by atoms with Gasteiger partial charge in [-0.05, 0) is 26.2 Å². The smallest absolute Gasteiger partial charge is 0.332 e. The van der Waals surface area contributed by atoms with Crippen molar-refractivity contribution >= 4 is 11.2 Å². The van der Waals surface area contributed by atoms with Gasteiger partial charge in [-0.1, -0.05) is 0 Å². The number of hydrogen-bond acceptors (Lipinski definition) is 4. The van der Waals surface area contributed by atoms with Crippen LogP contribution in [0.15, 0.2) is 15.9 Å². The number of aliphatic hydroxyl groups excluding tert-OH is 1. The maximum Gasteiger partial charge on any atom is 0.332 e. The molecule has 7 heteroatoms. The summed E-state index contributed by atoms with van der Waals surface area (Å²) in [4.78, 5) is 28.1. The molecule has 0 aliphatic rings. The lowest BCUT2D eigenvalue weighted by Gasteiger charge is -2.07. The van der Waals surface area contributed by atoms with Crippen molar-refractivity contribution in [2.24, 2.45) is 14.1 Å². The fraction of sp³-hybridized carbons (Fsp3) is 0.615. The van der Waals surface area contributed by atoms with Gasteiger partial charge in [0, 0.05) is 20.6 Å². The Morgan fingerprint density at radius 2 is 1.95 bits per heavy atom. The zero-order chi connectivity index (χ0) is 14.9. The first-order valence-electron chi connectivity index (χ1n) is 6.72. The predicted octanol–water partition coefficient (Wildman–Crippen LogP) is -0.0152. The fourth-order valence-electron chi connectivity index (χ4n) is 2.29. The Labute approximate surface area is 116 Å². The maximum atomic E-state index is 12.2. The SMILES string of the molecule is C[C@H](O)CCCCn1cnc2c1c(=O)n(C)c(=O)n2C. The van der Waals surface area contributed by atoms with Crippen molar-refractivity contribution < 1.29 is 5.11 Å². The van der Waals surface area contributed by atoms with Crippen LogP contribution in [-0.2, 0) is 20.6 Å². The molecule has 2 rings (SSSR count). The van der Waals surface area contributed by atoms with Crippen LogP contribution in [0.3, 0.4) is 0 Å². The van der Waals surface area contributed by atoms with Gasteiger partial charge in [0.25, 0.3) is 5.56 Å². The highest BCUT2D eigenvalue weighted by molar-refractivity contribution is 5.69. The standard InChI is InChI=1S/C13H20N4O3/c1-9(18)6-4-5-7-17-8-14-11-10(17)12(19)16(3)13(20)15(11)2/h8-9,18H,4-7H2,1-3H3/t9-/m0/s1. The summed E-state index contributed by atoms with van der Waals surface area (Å²) < 4.78 is 4.25. The summed E-state index contributed by atoms with van der Waals surface area (Å²) in [5.74, 6) is 0. The molecule has 0 bridgehead atoms. The molecule has 1 N–H and O–H groups in total. The number of imidazole rings is 1. The van der Waals surface area contributed by atoms with E-state index in [-0.39, 0.29) is 17.4 Å². The zero-order valence-corrected chi connectivity index (χ0v) is 12.0. The topological polar surface area (TPSA) is 82.1 Å². The van der Waals surface area contributed by atoms with Gasteiger partial charge >= 0.3 is 5.69 Å².